The van der Waals surface area contributed by atoms with E-state index < -0.39 is 56.8 Å². The first-order chi connectivity index (χ1) is 18.5. The van der Waals surface area contributed by atoms with Crippen molar-refractivity contribution in [1.29, 1.82) is 0 Å². The summed E-state index contributed by atoms with van der Waals surface area (Å²) in [6.07, 6.45) is 4.54. The molecule has 4 rings (SSSR count). The van der Waals surface area contributed by atoms with Gasteiger partial charge in [0, 0.05) is 32.2 Å². The first-order valence-electron chi connectivity index (χ1n) is 13.2. The van der Waals surface area contributed by atoms with Crippen molar-refractivity contribution in [1.82, 2.24) is 20.9 Å². The summed E-state index contributed by atoms with van der Waals surface area (Å²) in [4.78, 5) is 53.3. The van der Waals surface area contributed by atoms with Crippen LogP contribution in [0.2, 0.25) is 0 Å². The van der Waals surface area contributed by atoms with Crippen molar-refractivity contribution < 1.29 is 32.0 Å². The molecular formula is C27H35FN4O6S. The quantitative estimate of drug-likeness (QED) is 0.415. The van der Waals surface area contributed by atoms with Crippen molar-refractivity contribution in [3.05, 3.63) is 47.1 Å². The molecule has 2 saturated heterocycles. The van der Waals surface area contributed by atoms with Gasteiger partial charge in [0.05, 0.1) is 6.04 Å². The molecule has 0 radical (unpaired) electrons. The zero-order chi connectivity index (χ0) is 28.3. The van der Waals surface area contributed by atoms with Crippen LogP contribution in [0.15, 0.2) is 41.6 Å². The Kier molecular flexibility index (Phi) is 8.73. The Balaban J connectivity index is 1.62. The molecule has 4 amide bonds. The van der Waals surface area contributed by atoms with Gasteiger partial charge in [-0.3, -0.25) is 19.2 Å². The van der Waals surface area contributed by atoms with Crippen LogP contribution in [0.3, 0.4) is 0 Å². The monoisotopic (exact) mass is 562 g/mol. The van der Waals surface area contributed by atoms with Crippen LogP contribution in [0.5, 0.6) is 0 Å². The summed E-state index contributed by atoms with van der Waals surface area (Å²) in [7, 11) is -4.15. The van der Waals surface area contributed by atoms with E-state index in [1.807, 2.05) is 0 Å². The summed E-state index contributed by atoms with van der Waals surface area (Å²) in [5, 5.41) is 6.75. The largest absolute Gasteiger partial charge is 0.356 e. The minimum absolute atomic E-state index is 0.0216. The first kappa shape index (κ1) is 28.7. The number of rotatable bonds is 9. The van der Waals surface area contributed by atoms with E-state index in [2.05, 4.69) is 16.0 Å². The molecule has 12 heteroatoms. The van der Waals surface area contributed by atoms with Gasteiger partial charge in [0.2, 0.25) is 32.7 Å². The van der Waals surface area contributed by atoms with E-state index in [-0.39, 0.29) is 24.2 Å². The number of sulfone groups is 1. The number of hydrogen-bond donors (Lipinski definition) is 3. The Hall–Kier alpha value is -3.28. The highest BCUT2D eigenvalue weighted by Crippen LogP contribution is 2.43. The Labute approximate surface area is 227 Å². The number of nitrogens with one attached hydrogen (secondary N) is 3. The second-order valence-electron chi connectivity index (χ2n) is 10.7. The number of carbonyl (C=O) groups is 4. The van der Waals surface area contributed by atoms with Gasteiger partial charge in [0.25, 0.3) is 5.91 Å². The summed E-state index contributed by atoms with van der Waals surface area (Å²) in [6, 6.07) is 5.83. The fourth-order valence-electron chi connectivity index (χ4n) is 6.07. The summed E-state index contributed by atoms with van der Waals surface area (Å²) in [6.45, 7) is 2.10. The molecule has 1 aromatic carbocycles. The number of hydrogen-bond acceptors (Lipinski definition) is 6. The van der Waals surface area contributed by atoms with Crippen LogP contribution < -0.4 is 16.0 Å². The zero-order valence-corrected chi connectivity index (χ0v) is 22.9. The van der Waals surface area contributed by atoms with E-state index >= 15 is 0 Å². The number of nitrogens with zero attached hydrogens (tertiary/aromatic N) is 1. The van der Waals surface area contributed by atoms with Gasteiger partial charge in [-0.15, -0.1) is 0 Å². The van der Waals surface area contributed by atoms with Gasteiger partial charge in [-0.1, -0.05) is 36.8 Å². The highest BCUT2D eigenvalue weighted by atomic mass is 32.2. The van der Waals surface area contributed by atoms with E-state index in [9.17, 15) is 32.0 Å². The number of likely N-dealkylation sites (tertiary alicyclic amines) is 1. The van der Waals surface area contributed by atoms with Gasteiger partial charge in [0.15, 0.2) is 0 Å². The second kappa shape index (κ2) is 11.8. The second-order valence-corrected chi connectivity index (χ2v) is 12.6. The molecule has 3 fully saturated rings. The summed E-state index contributed by atoms with van der Waals surface area (Å²) in [5.41, 5.74) is 0.581. The number of carbonyl (C=O) groups excluding carboxylic acids is 4. The lowest BCUT2D eigenvalue weighted by Crippen LogP contribution is -2.53. The van der Waals surface area contributed by atoms with Crippen LogP contribution in [-0.2, 0) is 29.0 Å². The summed E-state index contributed by atoms with van der Waals surface area (Å²) in [5.74, 6) is -2.13. The van der Waals surface area contributed by atoms with Crippen LogP contribution in [0.1, 0.15) is 50.6 Å². The Morgan fingerprint density at radius 3 is 2.49 bits per heavy atom. The van der Waals surface area contributed by atoms with Crippen molar-refractivity contribution in [3.8, 4) is 0 Å². The first-order valence-corrected chi connectivity index (χ1v) is 15.1. The zero-order valence-electron chi connectivity index (χ0n) is 22.1. The lowest BCUT2D eigenvalue weighted by Gasteiger charge is -2.32. The van der Waals surface area contributed by atoms with E-state index in [1.54, 1.807) is 30.3 Å². The average molecular weight is 563 g/mol. The molecule has 0 unspecified atom stereocenters. The Bertz CT molecular complexity index is 1250. The lowest BCUT2D eigenvalue weighted by atomic mass is 9.92. The van der Waals surface area contributed by atoms with Gasteiger partial charge in [-0.25, -0.2) is 8.42 Å². The normalized spacial score (nSPS) is 26.5. The number of amides is 4. The molecule has 0 spiro atoms. The van der Waals surface area contributed by atoms with Crippen LogP contribution in [-0.4, -0.2) is 68.4 Å². The number of benzene rings is 1. The van der Waals surface area contributed by atoms with E-state index in [0.717, 1.165) is 31.6 Å². The molecule has 1 aromatic rings. The standard InChI is InChI=1S/C27H35FN4O6S/c1-16(33)30-23(17-7-4-3-5-8-17)27(36)32-15-19-9-6-10-21(19)24(32)26(35)31-20(14-22(28)39(2,37)38)13-18-11-12-29-25(18)34/h3-5,7-8,14,18-21,23-24H,6,9-13,15H2,1-2H3,(H,29,34)(H,30,33)(H,31,35)/b22-14-/t18-,19+,20+,21+,23+,24+/m1/s1. The van der Waals surface area contributed by atoms with Crippen LogP contribution in [0, 0.1) is 17.8 Å². The third kappa shape index (κ3) is 6.66. The SMILES string of the molecule is CC(=O)N[C@H](C(=O)N1C[C@@H]2CCC[C@@H]2[C@H]1C(=O)N[C@H](/C=C(/F)S(C)(=O)=O)C[C@H]1CCNC1=O)c1ccccc1. The third-order valence-corrected chi connectivity index (χ3v) is 8.73. The van der Waals surface area contributed by atoms with Crippen molar-refractivity contribution in [2.45, 2.75) is 57.2 Å². The maximum atomic E-state index is 14.5. The Morgan fingerprint density at radius 2 is 1.87 bits per heavy atom. The summed E-state index contributed by atoms with van der Waals surface area (Å²) < 4.78 is 38.1. The topological polar surface area (TPSA) is 142 Å². The van der Waals surface area contributed by atoms with Crippen molar-refractivity contribution in [3.63, 3.8) is 0 Å². The van der Waals surface area contributed by atoms with Crippen molar-refractivity contribution in [2.24, 2.45) is 17.8 Å². The highest BCUT2D eigenvalue weighted by Gasteiger charge is 2.51. The molecule has 39 heavy (non-hydrogen) atoms. The van der Waals surface area contributed by atoms with Crippen molar-refractivity contribution in [2.75, 3.05) is 19.3 Å². The number of fused-ring (bicyclic) bond motifs is 1. The van der Waals surface area contributed by atoms with Gasteiger partial charge in [-0.2, -0.15) is 4.39 Å². The molecule has 6 atom stereocenters. The molecule has 0 aromatic heterocycles. The molecule has 1 aliphatic carbocycles. The minimum atomic E-state index is -4.15. The molecule has 10 nitrogen and oxygen atoms in total. The van der Waals surface area contributed by atoms with Gasteiger partial charge in [0.1, 0.15) is 12.1 Å². The van der Waals surface area contributed by atoms with Crippen LogP contribution in [0.4, 0.5) is 4.39 Å². The maximum Gasteiger partial charge on any atom is 0.250 e. The molecular weight excluding hydrogens is 527 g/mol. The lowest BCUT2D eigenvalue weighted by molar-refractivity contribution is -0.142. The molecule has 212 valence electrons. The smallest absolute Gasteiger partial charge is 0.250 e. The van der Waals surface area contributed by atoms with Gasteiger partial charge >= 0.3 is 0 Å². The fourth-order valence-corrected chi connectivity index (χ4v) is 6.48. The third-order valence-electron chi connectivity index (χ3n) is 7.88. The summed E-state index contributed by atoms with van der Waals surface area (Å²) >= 11 is 0. The van der Waals surface area contributed by atoms with Gasteiger partial charge < -0.3 is 20.9 Å². The maximum absolute atomic E-state index is 14.5. The predicted octanol–water partition coefficient (Wildman–Crippen LogP) is 1.36. The minimum Gasteiger partial charge on any atom is -0.356 e. The van der Waals surface area contributed by atoms with E-state index in [4.69, 9.17) is 0 Å². The van der Waals surface area contributed by atoms with Crippen LogP contribution in [0.25, 0.3) is 0 Å². The Morgan fingerprint density at radius 1 is 1.15 bits per heavy atom. The molecule has 0 bridgehead atoms. The van der Waals surface area contributed by atoms with E-state index in [0.29, 0.717) is 25.1 Å². The highest BCUT2D eigenvalue weighted by molar-refractivity contribution is 7.94. The average Bonchev–Trinajstić information content (AvgIpc) is 3.58. The van der Waals surface area contributed by atoms with Crippen LogP contribution >= 0.6 is 0 Å². The van der Waals surface area contributed by atoms with E-state index in [1.165, 1.54) is 11.8 Å². The molecule has 2 aliphatic heterocycles. The predicted molar refractivity (Wildman–Crippen MR) is 141 cm³/mol. The molecule has 3 N–H and O–H groups in total. The molecule has 2 heterocycles. The van der Waals surface area contributed by atoms with Crippen molar-refractivity contribution >= 4 is 33.5 Å². The van der Waals surface area contributed by atoms with Gasteiger partial charge in [-0.05, 0) is 49.2 Å². The molecule has 3 aliphatic rings. The molecule has 1 saturated carbocycles. The number of halogens is 1. The fraction of sp³-hybridized carbons (Fsp3) is 0.556.